The highest BCUT2D eigenvalue weighted by atomic mass is 19.1. The molecule has 0 fully saturated rings. The van der Waals surface area contributed by atoms with Crippen molar-refractivity contribution in [2.75, 3.05) is 26.0 Å². The van der Waals surface area contributed by atoms with Crippen LogP contribution in [0.3, 0.4) is 0 Å². The van der Waals surface area contributed by atoms with Crippen molar-refractivity contribution >= 4 is 11.7 Å². The van der Waals surface area contributed by atoms with Crippen molar-refractivity contribution in [1.82, 2.24) is 10.3 Å². The van der Waals surface area contributed by atoms with Gasteiger partial charge in [0, 0.05) is 13.7 Å². The average Bonchev–Trinajstić information content (AvgIpc) is 2.22. The van der Waals surface area contributed by atoms with Crippen molar-refractivity contribution in [3.63, 3.8) is 0 Å². The minimum Gasteiger partial charge on any atom is -0.383 e. The number of hydrogen-bond donors (Lipinski definition) is 2. The predicted octanol–water partition coefficient (Wildman–Crippen LogP) is 0.179. The number of nitrogens with one attached hydrogen (secondary N) is 1. The van der Waals surface area contributed by atoms with E-state index < -0.39 is 11.7 Å². The van der Waals surface area contributed by atoms with Gasteiger partial charge in [-0.1, -0.05) is 0 Å². The van der Waals surface area contributed by atoms with Gasteiger partial charge < -0.3 is 15.8 Å². The van der Waals surface area contributed by atoms with Crippen LogP contribution in [-0.2, 0) is 4.74 Å². The summed E-state index contributed by atoms with van der Waals surface area (Å²) in [6, 6.07) is 1.05. The first-order chi connectivity index (χ1) is 7.15. The topological polar surface area (TPSA) is 77.2 Å². The second-order valence-corrected chi connectivity index (χ2v) is 2.84. The van der Waals surface area contributed by atoms with Crippen LogP contribution in [0.15, 0.2) is 12.3 Å². The van der Waals surface area contributed by atoms with Gasteiger partial charge in [-0.05, 0) is 6.07 Å². The first-order valence-corrected chi connectivity index (χ1v) is 4.33. The molecular formula is C9H12FN3O2. The number of anilines is 1. The van der Waals surface area contributed by atoms with Crippen molar-refractivity contribution in [3.8, 4) is 0 Å². The molecule has 0 aliphatic heterocycles. The standard InChI is InChI=1S/C9H12FN3O2/c1-15-3-2-12-9(14)7-4-6(10)5-13-8(7)11/h4-5H,2-3H2,1H3,(H2,11,13)(H,12,14). The minimum absolute atomic E-state index is 0.00585. The van der Waals surface area contributed by atoms with Crippen molar-refractivity contribution in [3.05, 3.63) is 23.6 Å². The van der Waals surface area contributed by atoms with E-state index >= 15 is 0 Å². The van der Waals surface area contributed by atoms with Gasteiger partial charge in [-0.3, -0.25) is 4.79 Å². The van der Waals surface area contributed by atoms with Gasteiger partial charge >= 0.3 is 0 Å². The minimum atomic E-state index is -0.596. The van der Waals surface area contributed by atoms with E-state index in [0.29, 0.717) is 13.2 Å². The Balaban J connectivity index is 2.68. The lowest BCUT2D eigenvalue weighted by Gasteiger charge is -2.06. The molecule has 1 rings (SSSR count). The van der Waals surface area contributed by atoms with Crippen LogP contribution >= 0.6 is 0 Å². The molecule has 0 saturated heterocycles. The van der Waals surface area contributed by atoms with Crippen LogP contribution in [0.5, 0.6) is 0 Å². The van der Waals surface area contributed by atoms with Gasteiger partial charge in [-0.15, -0.1) is 0 Å². The molecule has 0 spiro atoms. The number of pyridine rings is 1. The van der Waals surface area contributed by atoms with Gasteiger partial charge in [0.15, 0.2) is 0 Å². The molecule has 1 amide bonds. The van der Waals surface area contributed by atoms with Gasteiger partial charge in [-0.25, -0.2) is 9.37 Å². The number of nitrogen functional groups attached to an aromatic ring is 1. The highest BCUT2D eigenvalue weighted by Gasteiger charge is 2.10. The Hall–Kier alpha value is -1.69. The zero-order valence-corrected chi connectivity index (χ0v) is 8.29. The normalized spacial score (nSPS) is 10.0. The second kappa shape index (κ2) is 5.26. The van der Waals surface area contributed by atoms with Crippen LogP contribution in [0.2, 0.25) is 0 Å². The molecule has 0 unspecified atom stereocenters. The molecule has 6 heteroatoms. The fourth-order valence-electron chi connectivity index (χ4n) is 0.994. The fraction of sp³-hybridized carbons (Fsp3) is 0.333. The van der Waals surface area contributed by atoms with Gasteiger partial charge in [-0.2, -0.15) is 0 Å². The molecule has 0 aromatic carbocycles. The van der Waals surface area contributed by atoms with Crippen LogP contribution in [0.1, 0.15) is 10.4 Å². The Morgan fingerprint density at radius 3 is 3.13 bits per heavy atom. The number of ether oxygens (including phenoxy) is 1. The van der Waals surface area contributed by atoms with Gasteiger partial charge in [0.05, 0.1) is 18.4 Å². The van der Waals surface area contributed by atoms with E-state index in [-0.39, 0.29) is 11.4 Å². The number of amides is 1. The summed E-state index contributed by atoms with van der Waals surface area (Å²) in [4.78, 5) is 15.0. The maximum atomic E-state index is 12.8. The molecule has 0 saturated carbocycles. The molecule has 0 radical (unpaired) electrons. The highest BCUT2D eigenvalue weighted by Crippen LogP contribution is 2.09. The second-order valence-electron chi connectivity index (χ2n) is 2.84. The van der Waals surface area contributed by atoms with Crippen LogP contribution in [0, 0.1) is 5.82 Å². The Morgan fingerprint density at radius 2 is 2.47 bits per heavy atom. The fourth-order valence-corrected chi connectivity index (χ4v) is 0.994. The van der Waals surface area contributed by atoms with Crippen LogP contribution in [0.4, 0.5) is 10.2 Å². The smallest absolute Gasteiger partial charge is 0.255 e. The third-order valence-corrected chi connectivity index (χ3v) is 1.72. The summed E-state index contributed by atoms with van der Waals surface area (Å²) in [5.74, 6) is -1.05. The SMILES string of the molecule is COCCNC(=O)c1cc(F)cnc1N. The molecule has 0 aliphatic carbocycles. The quantitative estimate of drug-likeness (QED) is 0.699. The van der Waals surface area contributed by atoms with Crippen LogP contribution in [-0.4, -0.2) is 31.2 Å². The molecule has 82 valence electrons. The van der Waals surface area contributed by atoms with Crippen molar-refractivity contribution in [1.29, 1.82) is 0 Å². The monoisotopic (exact) mass is 213 g/mol. The van der Waals surface area contributed by atoms with E-state index in [9.17, 15) is 9.18 Å². The summed E-state index contributed by atoms with van der Waals surface area (Å²) in [5.41, 5.74) is 5.46. The number of rotatable bonds is 4. The lowest BCUT2D eigenvalue weighted by Crippen LogP contribution is -2.28. The number of hydrogen-bond acceptors (Lipinski definition) is 4. The summed E-state index contributed by atoms with van der Waals surface area (Å²) < 4.78 is 17.5. The first-order valence-electron chi connectivity index (χ1n) is 4.33. The van der Waals surface area contributed by atoms with E-state index in [1.54, 1.807) is 0 Å². The summed E-state index contributed by atoms with van der Waals surface area (Å²) >= 11 is 0. The molecule has 3 N–H and O–H groups in total. The van der Waals surface area contributed by atoms with Crippen LogP contribution in [0.25, 0.3) is 0 Å². The van der Waals surface area contributed by atoms with Gasteiger partial charge in [0.1, 0.15) is 11.6 Å². The van der Waals surface area contributed by atoms with E-state index in [1.165, 1.54) is 7.11 Å². The molecule has 5 nitrogen and oxygen atoms in total. The summed E-state index contributed by atoms with van der Waals surface area (Å²) in [6.45, 7) is 0.722. The Kier molecular flexibility index (Phi) is 3.99. The van der Waals surface area contributed by atoms with Crippen molar-refractivity contribution < 1.29 is 13.9 Å². The first kappa shape index (κ1) is 11.4. The average molecular weight is 213 g/mol. The molecule has 15 heavy (non-hydrogen) atoms. The third-order valence-electron chi connectivity index (χ3n) is 1.72. The number of nitrogens with zero attached hydrogens (tertiary/aromatic N) is 1. The number of methoxy groups -OCH3 is 1. The molecule has 0 aliphatic rings. The lowest BCUT2D eigenvalue weighted by molar-refractivity contribution is 0.0937. The molecule has 1 aromatic heterocycles. The molecule has 0 bridgehead atoms. The molecule has 0 atom stereocenters. The Morgan fingerprint density at radius 1 is 1.73 bits per heavy atom. The zero-order valence-electron chi connectivity index (χ0n) is 8.29. The van der Waals surface area contributed by atoms with E-state index in [2.05, 4.69) is 10.3 Å². The third kappa shape index (κ3) is 3.17. The van der Waals surface area contributed by atoms with E-state index in [1.807, 2.05) is 0 Å². The number of carbonyl (C=O) groups is 1. The zero-order chi connectivity index (χ0) is 11.3. The van der Waals surface area contributed by atoms with E-state index in [4.69, 9.17) is 10.5 Å². The molecule has 1 heterocycles. The maximum Gasteiger partial charge on any atom is 0.255 e. The highest BCUT2D eigenvalue weighted by molar-refractivity contribution is 5.98. The molecule has 1 aromatic rings. The summed E-state index contributed by atoms with van der Waals surface area (Å²) in [6.07, 6.45) is 0.960. The maximum absolute atomic E-state index is 12.8. The van der Waals surface area contributed by atoms with Crippen molar-refractivity contribution in [2.45, 2.75) is 0 Å². The number of carbonyl (C=O) groups excluding carboxylic acids is 1. The number of halogens is 1. The number of aromatic nitrogens is 1. The van der Waals surface area contributed by atoms with Gasteiger partial charge in [0.25, 0.3) is 5.91 Å². The largest absolute Gasteiger partial charge is 0.383 e. The summed E-state index contributed by atoms with van der Waals surface area (Å²) in [5, 5.41) is 2.52. The summed E-state index contributed by atoms with van der Waals surface area (Å²) in [7, 11) is 1.52. The lowest BCUT2D eigenvalue weighted by atomic mass is 10.2. The Bertz CT molecular complexity index is 357. The number of nitrogens with two attached hydrogens (primary N) is 1. The predicted molar refractivity (Wildman–Crippen MR) is 52.8 cm³/mol. The molecular weight excluding hydrogens is 201 g/mol. The van der Waals surface area contributed by atoms with Crippen LogP contribution < -0.4 is 11.1 Å². The van der Waals surface area contributed by atoms with Gasteiger partial charge in [0.2, 0.25) is 0 Å². The van der Waals surface area contributed by atoms with E-state index in [0.717, 1.165) is 12.3 Å². The Labute approximate surface area is 86.4 Å². The van der Waals surface area contributed by atoms with Crippen molar-refractivity contribution in [2.24, 2.45) is 0 Å².